The molecule has 0 saturated carbocycles. The predicted octanol–water partition coefficient (Wildman–Crippen LogP) is 6.08. The fourth-order valence-electron chi connectivity index (χ4n) is 1.92. The summed E-state index contributed by atoms with van der Waals surface area (Å²) in [4.78, 5) is 0. The first kappa shape index (κ1) is 16.3. The first-order chi connectivity index (χ1) is 7.91. The molecule has 94 valence electrons. The molecular weight excluding hydrogens is 307 g/mol. The zero-order chi connectivity index (χ0) is 11.9. The van der Waals surface area contributed by atoms with E-state index in [-0.39, 0.29) is 0 Å². The highest BCUT2D eigenvalue weighted by molar-refractivity contribution is 14.1. The Kier molecular flexibility index (Phi) is 15.6. The smallest absolute Gasteiger partial charge is 0.0181 e. The third-order valence-corrected chi connectivity index (χ3v) is 3.35. The van der Waals surface area contributed by atoms with E-state index in [2.05, 4.69) is 39.4 Å². The number of rotatable bonds is 11. The van der Waals surface area contributed by atoms with Crippen molar-refractivity contribution in [3.63, 3.8) is 0 Å². The van der Waals surface area contributed by atoms with Gasteiger partial charge >= 0.3 is 0 Å². The maximum atomic E-state index is 3.12. The molecule has 0 spiro atoms. The van der Waals surface area contributed by atoms with Gasteiger partial charge in [0, 0.05) is 29.0 Å². The van der Waals surface area contributed by atoms with Crippen molar-refractivity contribution in [1.29, 1.82) is 0 Å². The van der Waals surface area contributed by atoms with Gasteiger partial charge in [-0.15, -0.1) is 0 Å². The zero-order valence-electron chi connectivity index (χ0n) is 10.9. The van der Waals surface area contributed by atoms with E-state index in [0.717, 1.165) is 6.42 Å². The van der Waals surface area contributed by atoms with Crippen molar-refractivity contribution in [3.05, 3.63) is 0 Å². The van der Waals surface area contributed by atoms with Gasteiger partial charge in [-0.25, -0.2) is 0 Å². The lowest BCUT2D eigenvalue weighted by atomic mass is 10.1. The maximum Gasteiger partial charge on any atom is 0.0181 e. The molecule has 0 N–H and O–H groups in total. The maximum absolute atomic E-state index is 3.12. The monoisotopic (exact) mass is 334 g/mol. The minimum Gasteiger partial charge on any atom is -0.0919 e. The van der Waals surface area contributed by atoms with Gasteiger partial charge in [0.2, 0.25) is 0 Å². The van der Waals surface area contributed by atoms with Gasteiger partial charge in [0.1, 0.15) is 0 Å². The number of unbranched alkanes of at least 4 members (excludes halogenated alkanes) is 11. The molecule has 0 atom stereocenters. The number of hydrogen-bond donors (Lipinski definition) is 0. The normalized spacial score (nSPS) is 9.88. The van der Waals surface area contributed by atoms with Gasteiger partial charge in [-0.3, -0.25) is 0 Å². The van der Waals surface area contributed by atoms with Crippen LogP contribution in [0.4, 0.5) is 0 Å². The molecule has 0 saturated heterocycles. The lowest BCUT2D eigenvalue weighted by molar-refractivity contribution is 0.551. The van der Waals surface area contributed by atoms with Crippen molar-refractivity contribution in [2.45, 2.75) is 84.0 Å². The van der Waals surface area contributed by atoms with Crippen LogP contribution in [-0.2, 0) is 0 Å². The Morgan fingerprint density at radius 2 is 1.12 bits per heavy atom. The molecule has 1 heteroatoms. The van der Waals surface area contributed by atoms with Crippen LogP contribution in [0, 0.1) is 9.85 Å². The molecule has 0 aliphatic heterocycles. The molecule has 0 aromatic carbocycles. The molecule has 0 bridgehead atoms. The van der Waals surface area contributed by atoms with Crippen LogP contribution in [0.2, 0.25) is 0 Å². The van der Waals surface area contributed by atoms with Gasteiger partial charge in [0.25, 0.3) is 0 Å². The fourth-order valence-corrected chi connectivity index (χ4v) is 2.19. The number of halogens is 1. The molecule has 0 unspecified atom stereocenters. The van der Waals surface area contributed by atoms with Gasteiger partial charge in [0.15, 0.2) is 0 Å². The Morgan fingerprint density at radius 3 is 1.56 bits per heavy atom. The highest BCUT2D eigenvalue weighted by Gasteiger charge is 1.92. The van der Waals surface area contributed by atoms with E-state index in [1.54, 1.807) is 0 Å². The molecule has 0 radical (unpaired) electrons. The molecular formula is C15H27I. The van der Waals surface area contributed by atoms with Crippen LogP contribution >= 0.6 is 22.6 Å². The molecule has 0 amide bonds. The van der Waals surface area contributed by atoms with Gasteiger partial charge < -0.3 is 0 Å². The van der Waals surface area contributed by atoms with Crippen molar-refractivity contribution in [3.8, 4) is 9.85 Å². The van der Waals surface area contributed by atoms with E-state index in [0.29, 0.717) is 0 Å². The third-order valence-electron chi connectivity index (χ3n) is 2.97. The lowest BCUT2D eigenvalue weighted by Crippen LogP contribution is -1.81. The minimum atomic E-state index is 1.10. The summed E-state index contributed by atoms with van der Waals surface area (Å²) in [6, 6.07) is 0. The van der Waals surface area contributed by atoms with Crippen molar-refractivity contribution >= 4 is 22.6 Å². The molecule has 0 aliphatic rings. The Bertz CT molecular complexity index is 176. The zero-order valence-corrected chi connectivity index (χ0v) is 13.0. The summed E-state index contributed by atoms with van der Waals surface area (Å²) < 4.78 is 2.92. The fraction of sp³-hybridized carbons (Fsp3) is 0.867. The summed E-state index contributed by atoms with van der Waals surface area (Å²) in [6.07, 6.45) is 16.7. The highest BCUT2D eigenvalue weighted by atomic mass is 127. The molecule has 0 fully saturated rings. The van der Waals surface area contributed by atoms with E-state index in [4.69, 9.17) is 0 Å². The number of hydrogen-bond acceptors (Lipinski definition) is 0. The van der Waals surface area contributed by atoms with Crippen LogP contribution in [0.3, 0.4) is 0 Å². The summed E-state index contributed by atoms with van der Waals surface area (Å²) >= 11 is 2.12. The van der Waals surface area contributed by atoms with Crippen LogP contribution < -0.4 is 0 Å². The summed E-state index contributed by atoms with van der Waals surface area (Å²) in [6.45, 7) is 2.28. The van der Waals surface area contributed by atoms with Crippen molar-refractivity contribution in [2.75, 3.05) is 0 Å². The Labute approximate surface area is 116 Å². The third kappa shape index (κ3) is 14.3. The minimum absolute atomic E-state index is 1.10. The van der Waals surface area contributed by atoms with Crippen molar-refractivity contribution < 1.29 is 0 Å². The van der Waals surface area contributed by atoms with Gasteiger partial charge in [0.05, 0.1) is 0 Å². The summed E-state index contributed by atoms with van der Waals surface area (Å²) in [5, 5.41) is 0. The van der Waals surface area contributed by atoms with Crippen molar-refractivity contribution in [1.82, 2.24) is 0 Å². The molecule has 0 rings (SSSR count). The van der Waals surface area contributed by atoms with E-state index in [1.165, 1.54) is 70.6 Å². The SMILES string of the molecule is CCCCCCCCCCCCCC#CI. The molecule has 0 aliphatic carbocycles. The summed E-state index contributed by atoms with van der Waals surface area (Å²) in [7, 11) is 0. The summed E-state index contributed by atoms with van der Waals surface area (Å²) in [5.41, 5.74) is 0. The second-order valence-electron chi connectivity index (χ2n) is 4.56. The average molecular weight is 334 g/mol. The van der Waals surface area contributed by atoms with Gasteiger partial charge in [-0.1, -0.05) is 77.1 Å². The topological polar surface area (TPSA) is 0 Å². The Balaban J connectivity index is 2.89. The lowest BCUT2D eigenvalue weighted by Gasteiger charge is -2.01. The van der Waals surface area contributed by atoms with E-state index >= 15 is 0 Å². The van der Waals surface area contributed by atoms with Crippen LogP contribution in [0.25, 0.3) is 0 Å². The predicted molar refractivity (Wildman–Crippen MR) is 82.9 cm³/mol. The highest BCUT2D eigenvalue weighted by Crippen LogP contribution is 2.11. The molecule has 0 aromatic rings. The van der Waals surface area contributed by atoms with Crippen molar-refractivity contribution in [2.24, 2.45) is 0 Å². The first-order valence-electron chi connectivity index (χ1n) is 7.00. The molecule has 0 heterocycles. The quantitative estimate of drug-likeness (QED) is 0.244. The largest absolute Gasteiger partial charge is 0.0919 e. The van der Waals surface area contributed by atoms with E-state index < -0.39 is 0 Å². The molecule has 0 aromatic heterocycles. The van der Waals surface area contributed by atoms with E-state index in [1.807, 2.05) is 0 Å². The first-order valence-corrected chi connectivity index (χ1v) is 8.08. The Hall–Kier alpha value is 0.290. The van der Waals surface area contributed by atoms with Gasteiger partial charge in [-0.05, 0) is 10.3 Å². The summed E-state index contributed by atoms with van der Waals surface area (Å²) in [5.74, 6) is 3.12. The second kappa shape index (κ2) is 15.3. The van der Waals surface area contributed by atoms with Crippen LogP contribution in [0.1, 0.15) is 84.0 Å². The Morgan fingerprint density at radius 1 is 0.688 bits per heavy atom. The second-order valence-corrected chi connectivity index (χ2v) is 5.10. The van der Waals surface area contributed by atoms with Crippen LogP contribution in [-0.4, -0.2) is 0 Å². The van der Waals surface area contributed by atoms with Crippen LogP contribution in [0.5, 0.6) is 0 Å². The van der Waals surface area contributed by atoms with E-state index in [9.17, 15) is 0 Å². The molecule has 0 nitrogen and oxygen atoms in total. The average Bonchev–Trinajstić information content (AvgIpc) is 2.31. The van der Waals surface area contributed by atoms with Gasteiger partial charge in [-0.2, -0.15) is 0 Å². The molecule has 16 heavy (non-hydrogen) atoms. The standard InChI is InChI=1S/C15H27I/c1-2-3-4-5-6-7-8-9-10-11-12-13-14-15-16/h2-13H2,1H3. The van der Waals surface area contributed by atoms with Crippen LogP contribution in [0.15, 0.2) is 0 Å².